The van der Waals surface area contributed by atoms with Gasteiger partial charge in [0.1, 0.15) is 5.82 Å². The number of carbonyl (C=O) groups is 1. The van der Waals surface area contributed by atoms with Gasteiger partial charge >= 0.3 is 6.18 Å². The lowest BCUT2D eigenvalue weighted by molar-refractivity contribution is -0.173. The third kappa shape index (κ3) is 3.75. The average molecular weight is 472 g/mol. The van der Waals surface area contributed by atoms with E-state index in [0.29, 0.717) is 12.0 Å². The number of nitrogens with one attached hydrogen (secondary N) is 1. The Labute approximate surface area is 198 Å². The van der Waals surface area contributed by atoms with E-state index in [1.165, 1.54) is 25.5 Å². The molecule has 2 atom stereocenters. The van der Waals surface area contributed by atoms with Crippen molar-refractivity contribution in [3.05, 3.63) is 47.2 Å². The fourth-order valence-corrected chi connectivity index (χ4v) is 7.91. The van der Waals surface area contributed by atoms with Crippen LogP contribution >= 0.6 is 0 Å². The smallest absolute Gasteiger partial charge is 0.363 e. The van der Waals surface area contributed by atoms with Gasteiger partial charge in [-0.05, 0) is 79.2 Å². The van der Waals surface area contributed by atoms with Crippen molar-refractivity contribution in [1.82, 2.24) is 9.78 Å². The van der Waals surface area contributed by atoms with Gasteiger partial charge in [0.15, 0.2) is 11.8 Å². The normalized spacial score (nSPS) is 34.1. The zero-order valence-electron chi connectivity index (χ0n) is 19.6. The topological polar surface area (TPSA) is 46.9 Å². The third-order valence-electron chi connectivity index (χ3n) is 9.03. The number of Topliss-reactive ketones (excluding diaryl/α,β-unsaturated/α-hetero) is 1. The molecule has 2 heterocycles. The summed E-state index contributed by atoms with van der Waals surface area (Å²) in [6.45, 7) is 2.05. The lowest BCUT2D eigenvalue weighted by Crippen LogP contribution is -2.46. The van der Waals surface area contributed by atoms with Gasteiger partial charge in [-0.25, -0.2) is 4.68 Å². The first-order chi connectivity index (χ1) is 16.2. The van der Waals surface area contributed by atoms with E-state index in [-0.39, 0.29) is 23.4 Å². The van der Waals surface area contributed by atoms with Crippen LogP contribution in [0.4, 0.5) is 19.0 Å². The minimum Gasteiger partial charge on any atom is -0.363 e. The molecule has 5 aliphatic rings. The number of anilines is 1. The number of halogens is 3. The molecule has 4 aliphatic carbocycles. The summed E-state index contributed by atoms with van der Waals surface area (Å²) in [5, 5.41) is 7.36. The molecule has 7 rings (SSSR count). The Hall–Kier alpha value is -2.31. The van der Waals surface area contributed by atoms with Gasteiger partial charge in [0, 0.05) is 12.8 Å². The van der Waals surface area contributed by atoms with Crippen molar-refractivity contribution in [2.75, 3.05) is 5.32 Å². The fraction of sp³-hybridized carbons (Fsp3) is 0.630. The zero-order valence-corrected chi connectivity index (χ0v) is 19.6. The van der Waals surface area contributed by atoms with E-state index in [2.05, 4.69) is 10.4 Å². The average Bonchev–Trinajstić information content (AvgIpc) is 3.20. The summed E-state index contributed by atoms with van der Waals surface area (Å²) < 4.78 is 43.2. The van der Waals surface area contributed by atoms with Gasteiger partial charge in [-0.15, -0.1) is 0 Å². The molecule has 1 aromatic carbocycles. The zero-order chi connectivity index (χ0) is 23.7. The number of rotatable bonds is 5. The van der Waals surface area contributed by atoms with E-state index >= 15 is 0 Å². The Bertz CT molecular complexity index is 1050. The molecule has 1 aliphatic heterocycles. The maximum absolute atomic E-state index is 14.1. The summed E-state index contributed by atoms with van der Waals surface area (Å²) in [7, 11) is 0. The number of aryl methyl sites for hydroxylation is 1. The van der Waals surface area contributed by atoms with Crippen molar-refractivity contribution >= 4 is 11.6 Å². The minimum atomic E-state index is -4.44. The van der Waals surface area contributed by atoms with Crippen molar-refractivity contribution in [2.24, 2.45) is 23.2 Å². The molecule has 0 radical (unpaired) electrons. The van der Waals surface area contributed by atoms with Crippen LogP contribution in [0.15, 0.2) is 30.5 Å². The van der Waals surface area contributed by atoms with Crippen LogP contribution in [0.25, 0.3) is 0 Å². The predicted molar refractivity (Wildman–Crippen MR) is 124 cm³/mol. The molecule has 4 nitrogen and oxygen atoms in total. The first-order valence-electron chi connectivity index (χ1n) is 12.8. The lowest BCUT2D eigenvalue weighted by atomic mass is 9.48. The molecule has 4 bridgehead atoms. The van der Waals surface area contributed by atoms with Crippen LogP contribution in [-0.4, -0.2) is 21.7 Å². The number of aromatic nitrogens is 2. The molecule has 1 N–H and O–H groups in total. The monoisotopic (exact) mass is 471 g/mol. The fourth-order valence-electron chi connectivity index (χ4n) is 7.91. The number of hydrogen-bond acceptors (Lipinski definition) is 3. The van der Waals surface area contributed by atoms with Crippen molar-refractivity contribution in [3.63, 3.8) is 0 Å². The summed E-state index contributed by atoms with van der Waals surface area (Å²) in [6.07, 6.45) is 5.27. The Morgan fingerprint density at radius 2 is 1.68 bits per heavy atom. The van der Waals surface area contributed by atoms with Gasteiger partial charge in [0.25, 0.3) is 0 Å². The SMILES string of the molecule is CCc1ccc(C2CC(C(F)(F)F)n3ncc(C(=O)CC45CC6CC(CC(C6)C4)C5)c3N2)cc1. The first-order valence-corrected chi connectivity index (χ1v) is 12.8. The standard InChI is InChI=1S/C27H32F3N3O/c1-2-16-3-5-20(6-4-16)22-10-24(27(28,29)30)33-25(32-22)21(15-31-33)23(34)14-26-11-17-7-18(12-26)9-19(8-17)13-26/h3-6,15,17-19,22,24,32H,2,7-14H2,1H3. The maximum atomic E-state index is 14.1. The van der Waals surface area contributed by atoms with Crippen molar-refractivity contribution in [2.45, 2.75) is 83.0 Å². The van der Waals surface area contributed by atoms with E-state index < -0.39 is 18.3 Å². The highest BCUT2D eigenvalue weighted by atomic mass is 19.4. The van der Waals surface area contributed by atoms with Gasteiger partial charge in [0.2, 0.25) is 0 Å². The first kappa shape index (κ1) is 22.2. The Kier molecular flexibility index (Phi) is 5.12. The van der Waals surface area contributed by atoms with E-state index in [1.807, 2.05) is 31.2 Å². The van der Waals surface area contributed by atoms with E-state index in [0.717, 1.165) is 59.2 Å². The van der Waals surface area contributed by atoms with Crippen LogP contribution in [0.2, 0.25) is 0 Å². The summed E-state index contributed by atoms with van der Waals surface area (Å²) in [6, 6.07) is 5.45. The van der Waals surface area contributed by atoms with Crippen LogP contribution in [-0.2, 0) is 6.42 Å². The van der Waals surface area contributed by atoms with Crippen molar-refractivity contribution in [1.29, 1.82) is 0 Å². The van der Waals surface area contributed by atoms with Crippen molar-refractivity contribution in [3.8, 4) is 0 Å². The molecule has 1 aromatic heterocycles. The molecule has 4 fully saturated rings. The number of hydrogen-bond donors (Lipinski definition) is 1. The Morgan fingerprint density at radius 3 is 2.24 bits per heavy atom. The van der Waals surface area contributed by atoms with Crippen LogP contribution in [0.1, 0.15) is 91.9 Å². The molecule has 2 unspecified atom stereocenters. The summed E-state index contributed by atoms with van der Waals surface area (Å²) in [5.41, 5.74) is 2.30. The number of ketones is 1. The molecule has 34 heavy (non-hydrogen) atoms. The summed E-state index contributed by atoms with van der Waals surface area (Å²) in [4.78, 5) is 13.6. The molecule has 7 heteroatoms. The predicted octanol–water partition coefficient (Wildman–Crippen LogP) is 6.90. The second-order valence-electron chi connectivity index (χ2n) is 11.5. The molecule has 2 aromatic rings. The highest BCUT2D eigenvalue weighted by molar-refractivity contribution is 6.01. The second kappa shape index (κ2) is 7.85. The van der Waals surface area contributed by atoms with Gasteiger partial charge < -0.3 is 5.32 Å². The van der Waals surface area contributed by atoms with Gasteiger partial charge in [-0.1, -0.05) is 31.2 Å². The number of alkyl halides is 3. The highest BCUT2D eigenvalue weighted by Gasteiger charge is 2.52. The summed E-state index contributed by atoms with van der Waals surface area (Å²) >= 11 is 0. The van der Waals surface area contributed by atoms with Crippen LogP contribution in [0, 0.1) is 23.2 Å². The maximum Gasteiger partial charge on any atom is 0.410 e. The number of nitrogens with zero attached hydrogens (tertiary/aromatic N) is 2. The molecular weight excluding hydrogens is 439 g/mol. The molecule has 4 saturated carbocycles. The largest absolute Gasteiger partial charge is 0.410 e. The van der Waals surface area contributed by atoms with Gasteiger partial charge in [-0.3, -0.25) is 4.79 Å². The molecule has 0 spiro atoms. The van der Waals surface area contributed by atoms with Crippen LogP contribution in [0.3, 0.4) is 0 Å². The Balaban J connectivity index is 1.30. The number of fused-ring (bicyclic) bond motifs is 1. The lowest BCUT2D eigenvalue weighted by Gasteiger charge is -2.56. The number of carbonyl (C=O) groups excluding carboxylic acids is 1. The minimum absolute atomic E-state index is 0.0358. The van der Waals surface area contributed by atoms with Gasteiger partial charge in [0.05, 0.1) is 17.8 Å². The second-order valence-corrected chi connectivity index (χ2v) is 11.5. The number of benzene rings is 1. The third-order valence-corrected chi connectivity index (χ3v) is 9.03. The van der Waals surface area contributed by atoms with Crippen LogP contribution < -0.4 is 5.32 Å². The van der Waals surface area contributed by atoms with E-state index in [9.17, 15) is 18.0 Å². The molecule has 0 saturated heterocycles. The molecular formula is C27H32F3N3O. The van der Waals surface area contributed by atoms with Crippen molar-refractivity contribution < 1.29 is 18.0 Å². The Morgan fingerprint density at radius 1 is 1.06 bits per heavy atom. The van der Waals surface area contributed by atoms with E-state index in [1.54, 1.807) is 0 Å². The highest BCUT2D eigenvalue weighted by Crippen LogP contribution is 2.61. The van der Waals surface area contributed by atoms with Crippen LogP contribution in [0.5, 0.6) is 0 Å². The van der Waals surface area contributed by atoms with Gasteiger partial charge in [-0.2, -0.15) is 18.3 Å². The molecule has 182 valence electrons. The quantitative estimate of drug-likeness (QED) is 0.483. The summed E-state index contributed by atoms with van der Waals surface area (Å²) in [5.74, 6) is 2.35. The molecule has 0 amide bonds. The van der Waals surface area contributed by atoms with E-state index in [4.69, 9.17) is 0 Å².